The van der Waals surface area contributed by atoms with E-state index in [2.05, 4.69) is 9.97 Å². The molecular weight excluding hydrogens is 460 g/mol. The molecule has 0 aliphatic carbocycles. The molecule has 1 fully saturated rings. The van der Waals surface area contributed by atoms with Gasteiger partial charge in [-0.15, -0.1) is 0 Å². The number of aromatic nitrogens is 2. The molecule has 1 saturated heterocycles. The van der Waals surface area contributed by atoms with Crippen LogP contribution in [0.1, 0.15) is 6.42 Å². The molecule has 0 spiro atoms. The minimum Gasteiger partial charge on any atom is -0.497 e. The van der Waals surface area contributed by atoms with Gasteiger partial charge < -0.3 is 28.6 Å². The summed E-state index contributed by atoms with van der Waals surface area (Å²) in [6, 6.07) is 6.42. The number of rotatable bonds is 5. The largest absolute Gasteiger partial charge is 0.497 e. The van der Waals surface area contributed by atoms with Crippen LogP contribution in [0, 0.1) is 0 Å². The van der Waals surface area contributed by atoms with E-state index in [0.29, 0.717) is 34.7 Å². The zero-order valence-electron chi connectivity index (χ0n) is 17.8. The van der Waals surface area contributed by atoms with Crippen LogP contribution in [0.5, 0.6) is 34.6 Å². The Kier molecular flexibility index (Phi) is 5.49. The zero-order valence-corrected chi connectivity index (χ0v) is 18.6. The lowest BCUT2D eigenvalue weighted by Gasteiger charge is -2.36. The zero-order chi connectivity index (χ0) is 23.2. The first kappa shape index (κ1) is 21.7. The van der Waals surface area contributed by atoms with E-state index in [9.17, 15) is 8.78 Å². The lowest BCUT2D eigenvalue weighted by atomic mass is 10.0. The van der Waals surface area contributed by atoms with Crippen LogP contribution in [0.3, 0.4) is 0 Å². The lowest BCUT2D eigenvalue weighted by Crippen LogP contribution is -2.52. The van der Waals surface area contributed by atoms with Crippen LogP contribution in [0.4, 0.5) is 8.78 Å². The fraction of sp³-hybridized carbons (Fsp3) is 0.364. The number of likely N-dealkylation sites (tertiary alicyclic amines) is 1. The molecule has 33 heavy (non-hydrogen) atoms. The van der Waals surface area contributed by atoms with E-state index < -0.39 is 18.6 Å². The normalized spacial score (nSPS) is 19.5. The summed E-state index contributed by atoms with van der Waals surface area (Å²) in [5.41, 5.74) is 0.395. The molecule has 0 bridgehead atoms. The fourth-order valence-electron chi connectivity index (χ4n) is 3.89. The number of methoxy groups -OCH3 is 1. The Morgan fingerprint density at radius 2 is 2.06 bits per heavy atom. The van der Waals surface area contributed by atoms with Gasteiger partial charge in [0.25, 0.3) is 5.92 Å². The molecule has 8 nitrogen and oxygen atoms in total. The van der Waals surface area contributed by atoms with Crippen LogP contribution in [0.2, 0.25) is 5.02 Å². The number of benzene rings is 2. The maximum atomic E-state index is 14.7. The molecule has 1 aromatic heterocycles. The molecule has 0 amide bonds. The van der Waals surface area contributed by atoms with E-state index in [1.54, 1.807) is 30.1 Å². The van der Waals surface area contributed by atoms with Gasteiger partial charge in [0.15, 0.2) is 17.6 Å². The Morgan fingerprint density at radius 3 is 2.85 bits per heavy atom. The molecule has 0 radical (unpaired) electrons. The maximum Gasteiger partial charge on any atom is 0.296 e. The summed E-state index contributed by atoms with van der Waals surface area (Å²) in [5.74, 6) is -1.47. The van der Waals surface area contributed by atoms with Crippen molar-refractivity contribution >= 4 is 22.5 Å². The number of hydrogen-bond acceptors (Lipinski definition) is 8. The van der Waals surface area contributed by atoms with Gasteiger partial charge in [-0.2, -0.15) is 0 Å². The highest BCUT2D eigenvalue weighted by Gasteiger charge is 2.45. The highest BCUT2D eigenvalue weighted by Crippen LogP contribution is 2.48. The quantitative estimate of drug-likeness (QED) is 0.528. The number of fused-ring (bicyclic) bond motifs is 2. The van der Waals surface area contributed by atoms with Crippen molar-refractivity contribution in [2.24, 2.45) is 0 Å². The summed E-state index contributed by atoms with van der Waals surface area (Å²) in [6.07, 6.45) is 0.104. The summed E-state index contributed by atoms with van der Waals surface area (Å²) >= 11 is 6.34. The first-order chi connectivity index (χ1) is 15.9. The highest BCUT2D eigenvalue weighted by atomic mass is 35.5. The fourth-order valence-corrected chi connectivity index (χ4v) is 4.08. The Bertz CT molecular complexity index is 1210. The highest BCUT2D eigenvalue weighted by molar-refractivity contribution is 6.32. The van der Waals surface area contributed by atoms with Gasteiger partial charge in [-0.25, -0.2) is 18.7 Å². The van der Waals surface area contributed by atoms with Crippen molar-refractivity contribution < 1.29 is 32.5 Å². The topological polar surface area (TPSA) is 75.2 Å². The molecule has 3 aromatic rings. The van der Waals surface area contributed by atoms with Crippen molar-refractivity contribution in [3.8, 4) is 34.6 Å². The Balaban J connectivity index is 1.59. The number of ether oxygens (including phenoxy) is 5. The van der Waals surface area contributed by atoms with Crippen molar-refractivity contribution in [1.29, 1.82) is 0 Å². The Morgan fingerprint density at radius 1 is 1.21 bits per heavy atom. The molecule has 0 saturated carbocycles. The van der Waals surface area contributed by atoms with Crippen molar-refractivity contribution in [1.82, 2.24) is 14.9 Å². The molecule has 2 aliphatic heterocycles. The van der Waals surface area contributed by atoms with Gasteiger partial charge in [0.1, 0.15) is 23.2 Å². The second kappa shape index (κ2) is 8.35. The predicted octanol–water partition coefficient (Wildman–Crippen LogP) is 4.53. The molecule has 3 heterocycles. The van der Waals surface area contributed by atoms with Crippen molar-refractivity contribution in [3.63, 3.8) is 0 Å². The second-order valence-electron chi connectivity index (χ2n) is 7.80. The predicted molar refractivity (Wildman–Crippen MR) is 115 cm³/mol. The maximum absolute atomic E-state index is 14.7. The average Bonchev–Trinajstić information content (AvgIpc) is 3.26. The average molecular weight is 480 g/mol. The molecular formula is C22H20ClF2N3O5. The van der Waals surface area contributed by atoms with Crippen molar-refractivity contribution in [2.75, 3.05) is 34.0 Å². The number of piperidine rings is 1. The first-order valence-electron chi connectivity index (χ1n) is 10.2. The van der Waals surface area contributed by atoms with E-state index in [1.165, 1.54) is 19.5 Å². The molecule has 5 rings (SSSR count). The first-order valence-corrected chi connectivity index (χ1v) is 10.6. The van der Waals surface area contributed by atoms with Crippen LogP contribution in [0.15, 0.2) is 30.6 Å². The summed E-state index contributed by atoms with van der Waals surface area (Å²) in [6.45, 7) is 0.0982. The van der Waals surface area contributed by atoms with Gasteiger partial charge in [-0.1, -0.05) is 11.6 Å². The third kappa shape index (κ3) is 4.04. The standard InChI is InChI=1S/C22H20ClF2N3O5/c1-28-6-5-17(22(24,25)9-28)32-16-8-12(29-2)7-14-18(16)21(27-10-26-14)33-19-13(23)3-4-15-20(19)31-11-30-15/h3-4,7-8,10,17H,5-6,9,11H2,1-2H3. The van der Waals surface area contributed by atoms with Crippen molar-refractivity contribution in [2.45, 2.75) is 18.4 Å². The minimum atomic E-state index is -3.05. The third-order valence-corrected chi connectivity index (χ3v) is 5.81. The van der Waals surface area contributed by atoms with Crippen LogP contribution < -0.4 is 23.7 Å². The molecule has 2 aromatic carbocycles. The SMILES string of the molecule is COc1cc(OC2CCN(C)CC2(F)F)c2c(Oc3c(Cl)ccc4c3OCO4)ncnc2c1. The molecule has 1 unspecified atom stereocenters. The third-order valence-electron chi connectivity index (χ3n) is 5.51. The van der Waals surface area contributed by atoms with E-state index in [1.807, 2.05) is 0 Å². The van der Waals surface area contributed by atoms with Crippen molar-refractivity contribution in [3.05, 3.63) is 35.6 Å². The number of alkyl halides is 2. The summed E-state index contributed by atoms with van der Waals surface area (Å²) in [7, 11) is 3.12. The monoisotopic (exact) mass is 479 g/mol. The smallest absolute Gasteiger partial charge is 0.296 e. The van der Waals surface area contributed by atoms with Crippen LogP contribution in [-0.4, -0.2) is 60.9 Å². The van der Waals surface area contributed by atoms with Crippen LogP contribution in [-0.2, 0) is 0 Å². The number of nitrogens with zero attached hydrogens (tertiary/aromatic N) is 3. The summed E-state index contributed by atoms with van der Waals surface area (Å²) < 4.78 is 57.6. The van der Waals surface area contributed by atoms with Gasteiger partial charge in [0.05, 0.1) is 24.2 Å². The molecule has 2 aliphatic rings. The van der Waals surface area contributed by atoms with Gasteiger partial charge >= 0.3 is 0 Å². The second-order valence-corrected chi connectivity index (χ2v) is 8.21. The summed E-state index contributed by atoms with van der Waals surface area (Å²) in [5, 5.41) is 0.574. The number of hydrogen-bond donors (Lipinski definition) is 0. The lowest BCUT2D eigenvalue weighted by molar-refractivity contribution is -0.134. The van der Waals surface area contributed by atoms with Gasteiger partial charge in [0.2, 0.25) is 18.4 Å². The molecule has 11 heteroatoms. The van der Waals surface area contributed by atoms with E-state index >= 15 is 0 Å². The van der Waals surface area contributed by atoms with E-state index in [-0.39, 0.29) is 35.6 Å². The van der Waals surface area contributed by atoms with E-state index in [4.69, 9.17) is 35.3 Å². The van der Waals surface area contributed by atoms with E-state index in [0.717, 1.165) is 0 Å². The minimum absolute atomic E-state index is 0.0212. The van der Waals surface area contributed by atoms with Gasteiger partial charge in [-0.05, 0) is 19.2 Å². The molecule has 174 valence electrons. The molecule has 1 atom stereocenters. The van der Waals surface area contributed by atoms with Crippen LogP contribution in [0.25, 0.3) is 10.9 Å². The number of halogens is 3. The summed E-state index contributed by atoms with van der Waals surface area (Å²) in [4.78, 5) is 10.0. The Labute approximate surface area is 192 Å². The molecule has 0 N–H and O–H groups in total. The van der Waals surface area contributed by atoms with Crippen LogP contribution >= 0.6 is 11.6 Å². The van der Waals surface area contributed by atoms with Gasteiger partial charge in [0, 0.05) is 25.1 Å². The Hall–Kier alpha value is -3.11. The van der Waals surface area contributed by atoms with Gasteiger partial charge in [-0.3, -0.25) is 0 Å².